The molecule has 1 N–H and O–H groups in total. The minimum Gasteiger partial charge on any atom is -0.428 e. The quantitative estimate of drug-likeness (QED) is 0.859. The molecule has 0 spiro atoms. The molecule has 0 saturated carbocycles. The van der Waals surface area contributed by atoms with E-state index < -0.39 is 30.4 Å². The lowest BCUT2D eigenvalue weighted by Gasteiger charge is -2.26. The minimum absolute atomic E-state index is 0.0743. The Balaban J connectivity index is 1.79. The number of fused-ring (bicyclic) bond motifs is 2. The Labute approximate surface area is 142 Å². The van der Waals surface area contributed by atoms with E-state index >= 15 is 0 Å². The third kappa shape index (κ3) is 2.83. The number of aliphatic hydroxyl groups excluding tert-OH is 1. The van der Waals surface area contributed by atoms with Crippen LogP contribution >= 0.6 is 0 Å². The summed E-state index contributed by atoms with van der Waals surface area (Å²) >= 11 is 0. The van der Waals surface area contributed by atoms with Gasteiger partial charge in [-0.2, -0.15) is 8.78 Å². The first-order valence-electron chi connectivity index (χ1n) is 7.91. The second kappa shape index (κ2) is 5.64. The molecule has 0 aliphatic carbocycles. The molecule has 132 valence electrons. The van der Waals surface area contributed by atoms with Crippen molar-refractivity contribution in [2.45, 2.75) is 38.0 Å². The zero-order chi connectivity index (χ0) is 17.8. The van der Waals surface area contributed by atoms with Gasteiger partial charge in [0.05, 0.1) is 11.8 Å². The zero-order valence-electron chi connectivity index (χ0n) is 13.3. The fourth-order valence-electron chi connectivity index (χ4n) is 3.13. The van der Waals surface area contributed by atoms with Gasteiger partial charge in [0, 0.05) is 12.1 Å². The molecule has 2 aliphatic heterocycles. The summed E-state index contributed by atoms with van der Waals surface area (Å²) in [4.78, 5) is 1.61. The van der Waals surface area contributed by atoms with Gasteiger partial charge >= 0.3 is 6.11 Å². The number of halogens is 3. The number of benzene rings is 2. The van der Waals surface area contributed by atoms with Crippen LogP contribution < -0.4 is 9.64 Å². The van der Waals surface area contributed by atoms with Crippen molar-refractivity contribution in [3.05, 3.63) is 59.4 Å². The van der Waals surface area contributed by atoms with Gasteiger partial charge in [0.25, 0.3) is 0 Å². The van der Waals surface area contributed by atoms with E-state index in [2.05, 4.69) is 0 Å². The SMILES string of the molecule is CC(O)c1cccc2c1OC(F)(F)C1OC1N2Cc1cccc(F)c1. The van der Waals surface area contributed by atoms with Crippen LogP contribution in [-0.4, -0.2) is 23.5 Å². The molecule has 3 atom stereocenters. The first-order chi connectivity index (χ1) is 11.9. The van der Waals surface area contributed by atoms with Crippen LogP contribution in [0.4, 0.5) is 18.9 Å². The Morgan fingerprint density at radius 1 is 1.24 bits per heavy atom. The molecule has 3 unspecified atom stereocenters. The third-order valence-electron chi connectivity index (χ3n) is 4.37. The minimum atomic E-state index is -3.51. The van der Waals surface area contributed by atoms with Gasteiger partial charge in [-0.25, -0.2) is 4.39 Å². The lowest BCUT2D eigenvalue weighted by atomic mass is 10.1. The molecule has 0 radical (unpaired) electrons. The molecule has 25 heavy (non-hydrogen) atoms. The summed E-state index contributed by atoms with van der Waals surface area (Å²) in [5.41, 5.74) is 1.27. The monoisotopic (exact) mass is 351 g/mol. The van der Waals surface area contributed by atoms with E-state index in [1.54, 1.807) is 29.2 Å². The zero-order valence-corrected chi connectivity index (χ0v) is 13.3. The van der Waals surface area contributed by atoms with Crippen LogP contribution in [0.1, 0.15) is 24.2 Å². The van der Waals surface area contributed by atoms with Gasteiger partial charge in [-0.15, -0.1) is 0 Å². The summed E-state index contributed by atoms with van der Waals surface area (Å²) in [5.74, 6) is -0.477. The number of hydrogen-bond donors (Lipinski definition) is 1. The lowest BCUT2D eigenvalue weighted by Crippen LogP contribution is -2.34. The predicted octanol–water partition coefficient (Wildman–Crippen LogP) is 3.60. The van der Waals surface area contributed by atoms with Gasteiger partial charge in [0.1, 0.15) is 5.82 Å². The fourth-order valence-corrected chi connectivity index (χ4v) is 3.13. The van der Waals surface area contributed by atoms with Gasteiger partial charge < -0.3 is 19.5 Å². The predicted molar refractivity (Wildman–Crippen MR) is 83.9 cm³/mol. The van der Waals surface area contributed by atoms with Gasteiger partial charge in [-0.1, -0.05) is 24.3 Å². The van der Waals surface area contributed by atoms with E-state index in [-0.39, 0.29) is 17.9 Å². The van der Waals surface area contributed by atoms with Gasteiger partial charge in [0.15, 0.2) is 12.0 Å². The van der Waals surface area contributed by atoms with E-state index in [9.17, 15) is 18.3 Å². The van der Waals surface area contributed by atoms with Crippen LogP contribution in [0.5, 0.6) is 5.75 Å². The molecule has 2 aromatic rings. The van der Waals surface area contributed by atoms with Gasteiger partial charge in [-0.05, 0) is 30.7 Å². The van der Waals surface area contributed by atoms with E-state index in [1.165, 1.54) is 25.1 Å². The van der Waals surface area contributed by atoms with Crippen molar-refractivity contribution < 1.29 is 27.8 Å². The van der Waals surface area contributed by atoms with Crippen molar-refractivity contribution in [2.75, 3.05) is 4.90 Å². The molecule has 0 aromatic heterocycles. The van der Waals surface area contributed by atoms with Crippen molar-refractivity contribution in [2.24, 2.45) is 0 Å². The summed E-state index contributed by atoms with van der Waals surface area (Å²) in [6.07, 6.45) is -6.77. The summed E-state index contributed by atoms with van der Waals surface area (Å²) in [6, 6.07) is 10.8. The molecule has 1 fully saturated rings. The lowest BCUT2D eigenvalue weighted by molar-refractivity contribution is -0.190. The molecule has 2 aliphatic rings. The molecular weight excluding hydrogens is 335 g/mol. The fraction of sp³-hybridized carbons (Fsp3) is 0.333. The van der Waals surface area contributed by atoms with Crippen molar-refractivity contribution in [3.63, 3.8) is 0 Å². The van der Waals surface area contributed by atoms with E-state index in [1.807, 2.05) is 0 Å². The molecule has 2 heterocycles. The molecule has 4 nitrogen and oxygen atoms in total. The normalized spacial score (nSPS) is 24.6. The number of ether oxygens (including phenoxy) is 2. The molecule has 7 heteroatoms. The topological polar surface area (TPSA) is 45.2 Å². The molecule has 2 aromatic carbocycles. The van der Waals surface area contributed by atoms with Crippen molar-refractivity contribution in [1.29, 1.82) is 0 Å². The van der Waals surface area contributed by atoms with E-state index in [0.29, 0.717) is 11.3 Å². The summed E-state index contributed by atoms with van der Waals surface area (Å²) in [6.45, 7) is 1.66. The molecule has 0 bridgehead atoms. The van der Waals surface area contributed by atoms with Crippen molar-refractivity contribution >= 4 is 5.69 Å². The van der Waals surface area contributed by atoms with Gasteiger partial charge in [-0.3, -0.25) is 0 Å². The summed E-state index contributed by atoms with van der Waals surface area (Å²) in [7, 11) is 0. The number of rotatable bonds is 3. The Bertz CT molecular complexity index is 812. The first-order valence-corrected chi connectivity index (χ1v) is 7.91. The number of nitrogens with zero attached hydrogens (tertiary/aromatic N) is 1. The van der Waals surface area contributed by atoms with Crippen LogP contribution in [0.3, 0.4) is 0 Å². The van der Waals surface area contributed by atoms with Crippen LogP contribution in [0.15, 0.2) is 42.5 Å². The smallest absolute Gasteiger partial charge is 0.428 e. The van der Waals surface area contributed by atoms with E-state index in [0.717, 1.165) is 0 Å². The second-order valence-electron chi connectivity index (χ2n) is 6.24. The molecular formula is C18H16F3NO3. The molecule has 1 saturated heterocycles. The number of epoxide rings is 1. The average Bonchev–Trinajstić information content (AvgIpc) is 3.34. The number of alkyl halides is 2. The maximum Gasteiger partial charge on any atom is 0.429 e. The Kier molecular flexibility index (Phi) is 3.66. The highest BCUT2D eigenvalue weighted by molar-refractivity contribution is 5.65. The molecule has 0 amide bonds. The van der Waals surface area contributed by atoms with Gasteiger partial charge in [0.2, 0.25) is 6.10 Å². The Morgan fingerprint density at radius 2 is 2.00 bits per heavy atom. The highest BCUT2D eigenvalue weighted by Gasteiger charge is 2.64. The number of aliphatic hydroxyl groups is 1. The number of hydrogen-bond acceptors (Lipinski definition) is 4. The van der Waals surface area contributed by atoms with Crippen LogP contribution in [-0.2, 0) is 11.3 Å². The van der Waals surface area contributed by atoms with Crippen LogP contribution in [0.25, 0.3) is 0 Å². The summed E-state index contributed by atoms with van der Waals surface area (Å²) < 4.78 is 52.1. The molecule has 4 rings (SSSR count). The third-order valence-corrected chi connectivity index (χ3v) is 4.37. The first kappa shape index (κ1) is 16.2. The van der Waals surface area contributed by atoms with Crippen LogP contribution in [0.2, 0.25) is 0 Å². The maximum atomic E-state index is 14.3. The highest BCUT2D eigenvalue weighted by atomic mass is 19.3. The number of anilines is 1. The highest BCUT2D eigenvalue weighted by Crippen LogP contribution is 2.50. The van der Waals surface area contributed by atoms with E-state index in [4.69, 9.17) is 9.47 Å². The standard InChI is InChI=1S/C18H16F3NO3/c1-10(23)13-6-3-7-14-15(13)25-18(20,21)16-17(24-16)22(14)9-11-4-2-5-12(19)8-11/h2-8,10,16-17,23H,9H2,1H3. The van der Waals surface area contributed by atoms with Crippen molar-refractivity contribution in [1.82, 2.24) is 0 Å². The van der Waals surface area contributed by atoms with Crippen LogP contribution in [0, 0.1) is 5.82 Å². The summed E-state index contributed by atoms with van der Waals surface area (Å²) in [5, 5.41) is 9.91. The number of para-hydroxylation sites is 1. The maximum absolute atomic E-state index is 14.3. The Morgan fingerprint density at radius 3 is 2.72 bits per heavy atom. The van der Waals surface area contributed by atoms with Crippen molar-refractivity contribution in [3.8, 4) is 5.75 Å². The Hall–Kier alpha value is -2.25. The second-order valence-corrected chi connectivity index (χ2v) is 6.24. The largest absolute Gasteiger partial charge is 0.429 e. The average molecular weight is 351 g/mol.